The highest BCUT2D eigenvalue weighted by Gasteiger charge is 2.55. The summed E-state index contributed by atoms with van der Waals surface area (Å²) < 4.78 is 5.24. The van der Waals surface area contributed by atoms with Gasteiger partial charge in [-0.15, -0.1) is 11.8 Å². The van der Waals surface area contributed by atoms with Crippen molar-refractivity contribution in [2.24, 2.45) is 5.16 Å². The van der Waals surface area contributed by atoms with Crippen molar-refractivity contribution in [3.63, 3.8) is 0 Å². The van der Waals surface area contributed by atoms with Crippen molar-refractivity contribution < 1.29 is 38.6 Å². The first-order valence-electron chi connectivity index (χ1n) is 11.7. The van der Waals surface area contributed by atoms with Crippen LogP contribution in [-0.2, 0) is 24.0 Å². The van der Waals surface area contributed by atoms with Gasteiger partial charge in [-0.3, -0.25) is 19.4 Å². The molecular formula is C24H28N4O8S. The summed E-state index contributed by atoms with van der Waals surface area (Å²) in [6.45, 7) is 5.97. The summed E-state index contributed by atoms with van der Waals surface area (Å²) in [5.41, 5.74) is -1.47. The van der Waals surface area contributed by atoms with E-state index in [1.165, 1.54) is 48.9 Å². The van der Waals surface area contributed by atoms with Crippen molar-refractivity contribution in [1.82, 2.24) is 15.1 Å². The zero-order valence-electron chi connectivity index (χ0n) is 20.5. The highest BCUT2D eigenvalue weighted by Crippen LogP contribution is 2.42. The third-order valence-electron chi connectivity index (χ3n) is 6.48. The van der Waals surface area contributed by atoms with Crippen molar-refractivity contribution in [3.05, 3.63) is 47.6 Å². The molecule has 0 saturated carbocycles. The van der Waals surface area contributed by atoms with Gasteiger partial charge in [0.05, 0.1) is 6.26 Å². The van der Waals surface area contributed by atoms with Crippen LogP contribution in [0.2, 0.25) is 0 Å². The van der Waals surface area contributed by atoms with Gasteiger partial charge in [0.15, 0.2) is 5.76 Å². The minimum atomic E-state index is -1.72. The van der Waals surface area contributed by atoms with Gasteiger partial charge in [-0.2, -0.15) is 0 Å². The van der Waals surface area contributed by atoms with Crippen LogP contribution in [0.1, 0.15) is 33.0 Å². The summed E-state index contributed by atoms with van der Waals surface area (Å²) in [5.74, 6) is -3.47. The van der Waals surface area contributed by atoms with Crippen molar-refractivity contribution >= 4 is 41.2 Å². The Morgan fingerprint density at radius 1 is 1.30 bits per heavy atom. The Balaban J connectivity index is 1.54. The van der Waals surface area contributed by atoms with Crippen molar-refractivity contribution in [3.8, 4) is 0 Å². The van der Waals surface area contributed by atoms with Crippen molar-refractivity contribution in [2.75, 3.05) is 18.8 Å². The molecule has 1 unspecified atom stereocenters. The Bertz CT molecular complexity index is 1190. The molecule has 4 rings (SSSR count). The van der Waals surface area contributed by atoms with Crippen LogP contribution in [0.4, 0.5) is 0 Å². The molecule has 3 N–H and O–H groups in total. The maximum absolute atomic E-state index is 13.1. The standard InChI is InChI=1S/C24H28N4O8S/c1-13(27-9-5-4-6-10-27)14-12-37-21-17(20(30)28(21)18(14)22(31)32)25-19(29)16(15-8-7-11-35-15)26-36-24(2,3)23(33)34/h4-5,7-8,11,13,17,21H,6,9-10,12H2,1-3H3,(H,25,29)(H,31,32)(H,33,34)/t13?,17-,21-/m1/s1. The van der Waals surface area contributed by atoms with Crippen LogP contribution < -0.4 is 5.32 Å². The number of carbonyl (C=O) groups excluding carboxylic acids is 2. The van der Waals surface area contributed by atoms with Crippen LogP contribution >= 0.6 is 11.8 Å². The van der Waals surface area contributed by atoms with Crippen molar-refractivity contribution in [1.29, 1.82) is 0 Å². The van der Waals surface area contributed by atoms with Gasteiger partial charge < -0.3 is 24.8 Å². The summed E-state index contributed by atoms with van der Waals surface area (Å²) in [6.07, 6.45) is 6.30. The molecule has 3 aliphatic rings. The number of rotatable bonds is 9. The molecule has 3 atom stereocenters. The van der Waals surface area contributed by atoms with Gasteiger partial charge in [0.2, 0.25) is 11.3 Å². The molecule has 4 heterocycles. The number of carbonyl (C=O) groups is 4. The lowest BCUT2D eigenvalue weighted by Crippen LogP contribution is -2.71. The molecule has 198 valence electrons. The summed E-state index contributed by atoms with van der Waals surface area (Å²) >= 11 is 1.37. The highest BCUT2D eigenvalue weighted by atomic mass is 32.2. The van der Waals surface area contributed by atoms with E-state index in [1.54, 1.807) is 0 Å². The zero-order chi connectivity index (χ0) is 26.9. The SMILES string of the molecule is CC(C1=C(C(=O)O)N2C(=O)[C@@H](NC(=O)C(=NOC(C)(C)C(=O)O)c3ccco3)[C@H]2SC1)N1CC=CCC1. The third-order valence-corrected chi connectivity index (χ3v) is 7.78. The van der Waals surface area contributed by atoms with E-state index < -0.39 is 40.8 Å². The lowest BCUT2D eigenvalue weighted by Gasteiger charge is -2.50. The fourth-order valence-corrected chi connectivity index (χ4v) is 5.68. The number of furan rings is 1. The number of hydrogen-bond donors (Lipinski definition) is 3. The van der Waals surface area contributed by atoms with E-state index in [-0.39, 0.29) is 23.2 Å². The topological polar surface area (TPSA) is 162 Å². The second kappa shape index (κ2) is 10.4. The average Bonchev–Trinajstić information content (AvgIpc) is 3.40. The molecule has 12 nitrogen and oxygen atoms in total. The number of thioether (sulfide) groups is 1. The number of carboxylic acid groups (broad SMARTS) is 2. The number of nitrogens with zero attached hydrogens (tertiary/aromatic N) is 3. The van der Waals surface area contributed by atoms with E-state index in [0.717, 1.165) is 13.0 Å². The fourth-order valence-electron chi connectivity index (χ4n) is 4.21. The zero-order valence-corrected chi connectivity index (χ0v) is 21.4. The van der Waals surface area contributed by atoms with E-state index >= 15 is 0 Å². The number of carboxylic acids is 2. The van der Waals surface area contributed by atoms with Crippen LogP contribution in [0.15, 0.2) is 51.4 Å². The van der Waals surface area contributed by atoms with E-state index in [1.807, 2.05) is 13.0 Å². The van der Waals surface area contributed by atoms with Crippen LogP contribution in [0, 0.1) is 0 Å². The largest absolute Gasteiger partial charge is 0.478 e. The summed E-state index contributed by atoms with van der Waals surface area (Å²) in [4.78, 5) is 58.3. The quantitative estimate of drug-likeness (QED) is 0.183. The van der Waals surface area contributed by atoms with Crippen LogP contribution in [-0.4, -0.2) is 91.4 Å². The number of nitrogens with one attached hydrogen (secondary N) is 1. The lowest BCUT2D eigenvalue weighted by molar-refractivity contribution is -0.161. The Hall–Kier alpha value is -3.58. The molecule has 2 amide bonds. The molecule has 1 fully saturated rings. The first-order valence-corrected chi connectivity index (χ1v) is 12.7. The molecule has 0 bridgehead atoms. The Morgan fingerprint density at radius 2 is 2.05 bits per heavy atom. The molecule has 0 spiro atoms. The number of fused-ring (bicyclic) bond motifs is 1. The second-order valence-electron chi connectivity index (χ2n) is 9.29. The van der Waals surface area contributed by atoms with Gasteiger partial charge >= 0.3 is 11.9 Å². The summed E-state index contributed by atoms with van der Waals surface area (Å²) in [7, 11) is 0. The number of hydrogen-bond acceptors (Lipinski definition) is 9. The Kier molecular flexibility index (Phi) is 7.46. The second-order valence-corrected chi connectivity index (χ2v) is 10.4. The van der Waals surface area contributed by atoms with Gasteiger partial charge in [0.1, 0.15) is 17.1 Å². The molecule has 1 saturated heterocycles. The molecule has 37 heavy (non-hydrogen) atoms. The monoisotopic (exact) mass is 532 g/mol. The molecular weight excluding hydrogens is 504 g/mol. The van der Waals surface area contributed by atoms with Crippen molar-refractivity contribution in [2.45, 2.75) is 50.3 Å². The molecule has 0 radical (unpaired) electrons. The molecule has 13 heteroatoms. The van der Waals surface area contributed by atoms with E-state index in [2.05, 4.69) is 21.4 Å². The van der Waals surface area contributed by atoms with E-state index in [9.17, 15) is 29.4 Å². The molecule has 0 aliphatic carbocycles. The smallest absolute Gasteiger partial charge is 0.352 e. The number of β-lactam (4-membered cyclic amide) rings is 1. The molecule has 0 aromatic carbocycles. The fraction of sp³-hybridized carbons (Fsp3) is 0.458. The number of oxime groups is 1. The lowest BCUT2D eigenvalue weighted by atomic mass is 9.98. The predicted octanol–water partition coefficient (Wildman–Crippen LogP) is 1.25. The van der Waals surface area contributed by atoms with Gasteiger partial charge in [-0.25, -0.2) is 9.59 Å². The van der Waals surface area contributed by atoms with Gasteiger partial charge in [-0.1, -0.05) is 17.3 Å². The third kappa shape index (κ3) is 5.14. The molecule has 3 aliphatic heterocycles. The molecule has 1 aromatic heterocycles. The van der Waals surface area contributed by atoms with Gasteiger partial charge in [0, 0.05) is 24.9 Å². The van der Waals surface area contributed by atoms with Gasteiger partial charge in [-0.05, 0) is 44.9 Å². The van der Waals surface area contributed by atoms with Crippen LogP contribution in [0.25, 0.3) is 0 Å². The minimum Gasteiger partial charge on any atom is -0.478 e. The maximum atomic E-state index is 13.1. The maximum Gasteiger partial charge on any atom is 0.352 e. The number of aliphatic carboxylic acids is 2. The highest BCUT2D eigenvalue weighted by molar-refractivity contribution is 8.00. The summed E-state index contributed by atoms with van der Waals surface area (Å²) in [5, 5.41) is 24.9. The first-order chi connectivity index (χ1) is 17.5. The van der Waals surface area contributed by atoms with E-state index in [0.29, 0.717) is 17.9 Å². The normalized spacial score (nSPS) is 23.3. The Morgan fingerprint density at radius 3 is 2.65 bits per heavy atom. The summed E-state index contributed by atoms with van der Waals surface area (Å²) in [6, 6.07) is 1.78. The predicted molar refractivity (Wildman–Crippen MR) is 133 cm³/mol. The van der Waals surface area contributed by atoms with Crippen LogP contribution in [0.5, 0.6) is 0 Å². The van der Waals surface area contributed by atoms with E-state index in [4.69, 9.17) is 9.25 Å². The van der Waals surface area contributed by atoms with Crippen LogP contribution in [0.3, 0.4) is 0 Å². The first kappa shape index (κ1) is 26.5. The minimum absolute atomic E-state index is 0.0106. The van der Waals surface area contributed by atoms with Gasteiger partial charge in [0.25, 0.3) is 11.8 Å². The Labute approximate surface area is 217 Å². The number of amides is 2. The average molecular weight is 533 g/mol. The molecule has 1 aromatic rings.